The van der Waals surface area contributed by atoms with Gasteiger partial charge in [0.2, 0.25) is 0 Å². The number of nitrogens with one attached hydrogen (secondary N) is 1. The molecule has 6 heteroatoms. The van der Waals surface area contributed by atoms with Crippen molar-refractivity contribution in [3.63, 3.8) is 0 Å². The molecule has 0 bridgehead atoms. The first-order chi connectivity index (χ1) is 9.63. The molecule has 0 aromatic carbocycles. The fourth-order valence-electron chi connectivity index (χ4n) is 2.54. The summed E-state index contributed by atoms with van der Waals surface area (Å²) in [6.07, 6.45) is 4.06. The summed E-state index contributed by atoms with van der Waals surface area (Å²) >= 11 is 0. The van der Waals surface area contributed by atoms with Crippen LogP contribution in [-0.4, -0.2) is 51.8 Å². The maximum absolute atomic E-state index is 12.5. The molecule has 0 spiro atoms. The topological polar surface area (TPSA) is 89.9 Å². The molecule has 0 saturated heterocycles. The Kier molecular flexibility index (Phi) is 5.61. The van der Waals surface area contributed by atoms with Crippen LogP contribution >= 0.6 is 0 Å². The lowest BCUT2D eigenvalue weighted by Crippen LogP contribution is -2.60. The van der Waals surface area contributed by atoms with Gasteiger partial charge < -0.3 is 20.4 Å². The first-order valence-corrected chi connectivity index (χ1v) is 7.56. The third-order valence-corrected chi connectivity index (χ3v) is 4.88. The second-order valence-corrected chi connectivity index (χ2v) is 6.84. The number of carbonyl (C=O) groups excluding carboxylic acids is 1. The van der Waals surface area contributed by atoms with Crippen LogP contribution in [0.4, 0.5) is 4.79 Å². The largest absolute Gasteiger partial charge is 0.481 e. The van der Waals surface area contributed by atoms with Gasteiger partial charge in [-0.1, -0.05) is 12.8 Å². The normalized spacial score (nSPS) is 16.8. The van der Waals surface area contributed by atoms with E-state index in [9.17, 15) is 19.8 Å². The number of aliphatic carboxylic acids is 1. The summed E-state index contributed by atoms with van der Waals surface area (Å²) in [7, 11) is 0. The van der Waals surface area contributed by atoms with Gasteiger partial charge in [0.05, 0.1) is 17.6 Å². The Morgan fingerprint density at radius 2 is 1.71 bits per heavy atom. The van der Waals surface area contributed by atoms with Gasteiger partial charge in [0.25, 0.3) is 0 Å². The van der Waals surface area contributed by atoms with Crippen LogP contribution in [0.15, 0.2) is 0 Å². The molecule has 0 heterocycles. The number of hydrogen-bond donors (Lipinski definition) is 3. The zero-order valence-electron chi connectivity index (χ0n) is 13.5. The number of aliphatic hydroxyl groups excluding tert-OH is 1. The number of carboxylic acid groups (broad SMARTS) is 1. The van der Waals surface area contributed by atoms with Gasteiger partial charge in [0.1, 0.15) is 0 Å². The van der Waals surface area contributed by atoms with Gasteiger partial charge in [-0.2, -0.15) is 0 Å². The minimum Gasteiger partial charge on any atom is -0.481 e. The number of carboxylic acids is 1. The molecule has 2 amide bonds. The fraction of sp³-hybridized carbons (Fsp3) is 0.867. The van der Waals surface area contributed by atoms with Crippen molar-refractivity contribution in [3.05, 3.63) is 0 Å². The second-order valence-electron chi connectivity index (χ2n) is 6.84. The van der Waals surface area contributed by atoms with E-state index in [1.807, 2.05) is 0 Å². The molecule has 0 aromatic heterocycles. The van der Waals surface area contributed by atoms with E-state index >= 15 is 0 Å². The Bertz CT molecular complexity index is 387. The van der Waals surface area contributed by atoms with Gasteiger partial charge in [-0.15, -0.1) is 0 Å². The Morgan fingerprint density at radius 3 is 2.14 bits per heavy atom. The second kappa shape index (κ2) is 6.64. The fourth-order valence-corrected chi connectivity index (χ4v) is 2.54. The van der Waals surface area contributed by atoms with Gasteiger partial charge in [-0.05, 0) is 40.5 Å². The quantitative estimate of drug-likeness (QED) is 0.698. The monoisotopic (exact) mass is 300 g/mol. The molecule has 3 N–H and O–H groups in total. The minimum absolute atomic E-state index is 0.0906. The Morgan fingerprint density at radius 1 is 1.19 bits per heavy atom. The van der Waals surface area contributed by atoms with Crippen molar-refractivity contribution in [2.75, 3.05) is 13.2 Å². The number of rotatable bonds is 6. The highest BCUT2D eigenvalue weighted by molar-refractivity contribution is 5.80. The minimum atomic E-state index is -1.09. The molecule has 1 rings (SSSR count). The first-order valence-electron chi connectivity index (χ1n) is 7.56. The molecule has 0 aromatic rings. The summed E-state index contributed by atoms with van der Waals surface area (Å²) in [5.41, 5.74) is -1.99. The van der Waals surface area contributed by atoms with Gasteiger partial charge in [-0.3, -0.25) is 4.79 Å². The molecule has 1 aliphatic carbocycles. The summed E-state index contributed by atoms with van der Waals surface area (Å²) in [6.45, 7) is 6.81. The van der Waals surface area contributed by atoms with Gasteiger partial charge in [-0.25, -0.2) is 4.79 Å². The van der Waals surface area contributed by atoms with E-state index in [4.69, 9.17) is 0 Å². The molecular formula is C15H28N2O4. The van der Waals surface area contributed by atoms with E-state index in [0.29, 0.717) is 0 Å². The number of hydrogen-bond acceptors (Lipinski definition) is 3. The lowest BCUT2D eigenvalue weighted by Gasteiger charge is -2.41. The zero-order valence-corrected chi connectivity index (χ0v) is 13.5. The Balaban J connectivity index is 2.82. The lowest BCUT2D eigenvalue weighted by molar-refractivity contribution is -0.150. The molecule has 0 radical (unpaired) electrons. The molecule has 1 fully saturated rings. The van der Waals surface area contributed by atoms with E-state index in [-0.39, 0.29) is 25.2 Å². The summed E-state index contributed by atoms with van der Waals surface area (Å²) in [6, 6.07) is -0.156. The average Bonchev–Trinajstić information content (AvgIpc) is 2.88. The maximum Gasteiger partial charge on any atom is 0.318 e. The molecule has 6 nitrogen and oxygen atoms in total. The van der Waals surface area contributed by atoms with Crippen LogP contribution < -0.4 is 5.32 Å². The number of carbonyl (C=O) groups is 2. The summed E-state index contributed by atoms with van der Waals surface area (Å²) < 4.78 is 0. The van der Waals surface area contributed by atoms with Crippen molar-refractivity contribution < 1.29 is 19.8 Å². The molecular weight excluding hydrogens is 272 g/mol. The van der Waals surface area contributed by atoms with Crippen LogP contribution in [0.1, 0.15) is 53.4 Å². The molecule has 1 aliphatic rings. The van der Waals surface area contributed by atoms with Crippen LogP contribution in [0, 0.1) is 5.41 Å². The third-order valence-electron chi connectivity index (χ3n) is 4.88. The van der Waals surface area contributed by atoms with Gasteiger partial charge in [0.15, 0.2) is 0 Å². The van der Waals surface area contributed by atoms with Crippen LogP contribution in [0.3, 0.4) is 0 Å². The molecule has 21 heavy (non-hydrogen) atoms. The van der Waals surface area contributed by atoms with Crippen LogP contribution in [0.5, 0.6) is 0 Å². The standard InChI is InChI=1S/C15H28N2O4/c1-14(2,12(19)20)15(3,4)16-13(21)17(9-10-18)11-7-5-6-8-11/h11,18H,5-10H2,1-4H3,(H,16,21)(H,19,20). The van der Waals surface area contributed by atoms with Crippen LogP contribution in [0.2, 0.25) is 0 Å². The van der Waals surface area contributed by atoms with Crippen molar-refractivity contribution in [2.24, 2.45) is 5.41 Å². The highest BCUT2D eigenvalue weighted by atomic mass is 16.4. The van der Waals surface area contributed by atoms with Gasteiger partial charge >= 0.3 is 12.0 Å². The van der Waals surface area contributed by atoms with Gasteiger partial charge in [0, 0.05) is 12.6 Å². The lowest BCUT2D eigenvalue weighted by atomic mass is 9.74. The van der Waals surface area contributed by atoms with Crippen LogP contribution in [-0.2, 0) is 4.79 Å². The zero-order chi connectivity index (χ0) is 16.3. The number of nitrogens with zero attached hydrogens (tertiary/aromatic N) is 1. The number of amides is 2. The highest BCUT2D eigenvalue weighted by Crippen LogP contribution is 2.31. The maximum atomic E-state index is 12.5. The summed E-state index contributed by atoms with van der Waals surface area (Å²) in [5.74, 6) is -0.956. The Hall–Kier alpha value is -1.30. The van der Waals surface area contributed by atoms with Crippen molar-refractivity contribution in [1.82, 2.24) is 10.2 Å². The van der Waals surface area contributed by atoms with E-state index in [1.165, 1.54) is 0 Å². The molecule has 0 unspecified atom stereocenters. The molecule has 1 saturated carbocycles. The number of urea groups is 1. The van der Waals surface area contributed by atoms with E-state index in [0.717, 1.165) is 25.7 Å². The highest BCUT2D eigenvalue weighted by Gasteiger charge is 2.45. The molecule has 122 valence electrons. The van der Waals surface area contributed by atoms with Crippen molar-refractivity contribution in [2.45, 2.75) is 65.0 Å². The number of aliphatic hydroxyl groups is 1. The SMILES string of the molecule is CC(C)(NC(=O)N(CCO)C1CCCC1)C(C)(C)C(=O)O. The molecule has 0 atom stereocenters. The van der Waals surface area contributed by atoms with Crippen molar-refractivity contribution >= 4 is 12.0 Å². The molecule has 0 aliphatic heterocycles. The van der Waals surface area contributed by atoms with Crippen molar-refractivity contribution in [3.8, 4) is 0 Å². The predicted molar refractivity (Wildman–Crippen MR) is 80.1 cm³/mol. The van der Waals surface area contributed by atoms with E-state index in [1.54, 1.807) is 32.6 Å². The summed E-state index contributed by atoms with van der Waals surface area (Å²) in [4.78, 5) is 25.6. The summed E-state index contributed by atoms with van der Waals surface area (Å²) in [5, 5.41) is 21.3. The van der Waals surface area contributed by atoms with Crippen LogP contribution in [0.25, 0.3) is 0 Å². The average molecular weight is 300 g/mol. The predicted octanol–water partition coefficient (Wildman–Crippen LogP) is 1.82. The van der Waals surface area contributed by atoms with E-state index in [2.05, 4.69) is 5.32 Å². The van der Waals surface area contributed by atoms with Crippen molar-refractivity contribution in [1.29, 1.82) is 0 Å². The third kappa shape index (κ3) is 3.87. The Labute approximate surface area is 126 Å². The van der Waals surface area contributed by atoms with E-state index < -0.39 is 16.9 Å². The first kappa shape index (κ1) is 17.8. The smallest absolute Gasteiger partial charge is 0.318 e.